The minimum absolute atomic E-state index is 0.326. The van der Waals surface area contributed by atoms with Gasteiger partial charge in [-0.3, -0.25) is 0 Å². The van der Waals surface area contributed by atoms with E-state index >= 15 is 0 Å². The van der Waals surface area contributed by atoms with Gasteiger partial charge in [-0.2, -0.15) is 0 Å². The number of allylic oxidation sites excluding steroid dienone is 1. The molecule has 0 aliphatic carbocycles. The molecular weight excluding hydrogens is 216 g/mol. The maximum atomic E-state index is 9.47. The van der Waals surface area contributed by atoms with Crippen LogP contribution in [-0.2, 0) is 6.42 Å². The Labute approximate surface area is 80.9 Å². The minimum Gasteiger partial charge on any atom is -0.508 e. The zero-order chi connectivity index (χ0) is 9.14. The van der Waals surface area contributed by atoms with Gasteiger partial charge in [-0.25, -0.2) is 0 Å². The standard InChI is InChI=1S/C10H11BrO/c1-7(2)5-8-3-4-9(11)6-10(8)12/h3-4,6,12H,1,5H2,2H3. The second-order valence-electron chi connectivity index (χ2n) is 2.91. The molecule has 0 atom stereocenters. The first-order chi connectivity index (χ1) is 5.59. The van der Waals surface area contributed by atoms with Crippen LogP contribution < -0.4 is 0 Å². The molecule has 0 aromatic heterocycles. The Hall–Kier alpha value is -0.760. The normalized spacial score (nSPS) is 9.83. The first-order valence-corrected chi connectivity index (χ1v) is 4.50. The number of aromatic hydroxyl groups is 1. The maximum Gasteiger partial charge on any atom is 0.120 e. The van der Waals surface area contributed by atoms with E-state index in [1.165, 1.54) is 0 Å². The van der Waals surface area contributed by atoms with Gasteiger partial charge in [0.1, 0.15) is 5.75 Å². The summed E-state index contributed by atoms with van der Waals surface area (Å²) in [6, 6.07) is 5.50. The van der Waals surface area contributed by atoms with E-state index in [9.17, 15) is 5.11 Å². The van der Waals surface area contributed by atoms with E-state index in [0.717, 1.165) is 22.0 Å². The summed E-state index contributed by atoms with van der Waals surface area (Å²) in [5, 5.41) is 9.47. The molecular formula is C10H11BrO. The third kappa shape index (κ3) is 2.38. The van der Waals surface area contributed by atoms with E-state index in [0.29, 0.717) is 5.75 Å². The van der Waals surface area contributed by atoms with Crippen LogP contribution >= 0.6 is 15.9 Å². The number of hydrogen-bond donors (Lipinski definition) is 1. The summed E-state index contributed by atoms with van der Waals surface area (Å²) in [6.45, 7) is 5.74. The highest BCUT2D eigenvalue weighted by Gasteiger charge is 2.00. The lowest BCUT2D eigenvalue weighted by atomic mass is 10.1. The first-order valence-electron chi connectivity index (χ1n) is 3.71. The number of phenols is 1. The quantitative estimate of drug-likeness (QED) is 0.768. The Balaban J connectivity index is 2.93. The van der Waals surface area contributed by atoms with Gasteiger partial charge < -0.3 is 5.11 Å². The zero-order valence-electron chi connectivity index (χ0n) is 6.97. The van der Waals surface area contributed by atoms with Gasteiger partial charge in [0, 0.05) is 4.47 Å². The highest BCUT2D eigenvalue weighted by atomic mass is 79.9. The fourth-order valence-corrected chi connectivity index (χ4v) is 1.36. The lowest BCUT2D eigenvalue weighted by Gasteiger charge is -2.03. The molecule has 2 heteroatoms. The van der Waals surface area contributed by atoms with Crippen molar-refractivity contribution in [2.45, 2.75) is 13.3 Å². The van der Waals surface area contributed by atoms with E-state index in [1.807, 2.05) is 19.1 Å². The van der Waals surface area contributed by atoms with Crippen LogP contribution in [0.2, 0.25) is 0 Å². The highest BCUT2D eigenvalue weighted by Crippen LogP contribution is 2.23. The second kappa shape index (κ2) is 3.76. The van der Waals surface area contributed by atoms with Crippen molar-refractivity contribution in [1.82, 2.24) is 0 Å². The monoisotopic (exact) mass is 226 g/mol. The molecule has 0 aliphatic rings. The third-order valence-electron chi connectivity index (χ3n) is 1.54. The molecule has 1 aromatic rings. The zero-order valence-corrected chi connectivity index (χ0v) is 8.56. The van der Waals surface area contributed by atoms with Crippen molar-refractivity contribution in [3.05, 3.63) is 40.4 Å². The van der Waals surface area contributed by atoms with Crippen LogP contribution in [0.5, 0.6) is 5.75 Å². The number of halogens is 1. The second-order valence-corrected chi connectivity index (χ2v) is 3.82. The number of phenolic OH excluding ortho intramolecular Hbond substituents is 1. The SMILES string of the molecule is C=C(C)Cc1ccc(Br)cc1O. The Bertz CT molecular complexity index is 305. The molecule has 1 nitrogen and oxygen atoms in total. The van der Waals surface area contributed by atoms with Crippen molar-refractivity contribution in [3.8, 4) is 5.75 Å². The summed E-state index contributed by atoms with van der Waals surface area (Å²) in [4.78, 5) is 0. The average Bonchev–Trinajstić information content (AvgIpc) is 1.94. The maximum absolute atomic E-state index is 9.47. The van der Waals surface area contributed by atoms with Crippen LogP contribution in [-0.4, -0.2) is 5.11 Å². The van der Waals surface area contributed by atoms with E-state index < -0.39 is 0 Å². The van der Waals surface area contributed by atoms with Crippen LogP contribution in [0, 0.1) is 0 Å². The van der Waals surface area contributed by atoms with Crippen molar-refractivity contribution in [2.24, 2.45) is 0 Å². The van der Waals surface area contributed by atoms with Crippen molar-refractivity contribution >= 4 is 15.9 Å². The van der Waals surface area contributed by atoms with Gasteiger partial charge >= 0.3 is 0 Å². The minimum atomic E-state index is 0.326. The molecule has 1 aromatic carbocycles. The van der Waals surface area contributed by atoms with Crippen LogP contribution in [0.25, 0.3) is 0 Å². The van der Waals surface area contributed by atoms with Gasteiger partial charge in [-0.05, 0) is 31.0 Å². The van der Waals surface area contributed by atoms with Crippen LogP contribution in [0.3, 0.4) is 0 Å². The molecule has 0 saturated heterocycles. The van der Waals surface area contributed by atoms with Gasteiger partial charge in [0.2, 0.25) is 0 Å². The van der Waals surface area contributed by atoms with E-state index in [2.05, 4.69) is 22.5 Å². The van der Waals surface area contributed by atoms with E-state index in [-0.39, 0.29) is 0 Å². The molecule has 1 N–H and O–H groups in total. The molecule has 0 amide bonds. The molecule has 0 unspecified atom stereocenters. The molecule has 0 spiro atoms. The third-order valence-corrected chi connectivity index (χ3v) is 2.03. The Morgan fingerprint density at radius 3 is 2.75 bits per heavy atom. The van der Waals surface area contributed by atoms with Gasteiger partial charge in [0.15, 0.2) is 0 Å². The summed E-state index contributed by atoms with van der Waals surface area (Å²) < 4.78 is 0.894. The van der Waals surface area contributed by atoms with Crippen molar-refractivity contribution in [2.75, 3.05) is 0 Å². The molecule has 0 aliphatic heterocycles. The topological polar surface area (TPSA) is 20.2 Å². The van der Waals surface area contributed by atoms with Crippen molar-refractivity contribution in [3.63, 3.8) is 0 Å². The Morgan fingerprint density at radius 2 is 2.25 bits per heavy atom. The van der Waals surface area contributed by atoms with Crippen molar-refractivity contribution < 1.29 is 5.11 Å². The number of rotatable bonds is 2. The van der Waals surface area contributed by atoms with Crippen LogP contribution in [0.1, 0.15) is 12.5 Å². The van der Waals surface area contributed by atoms with Crippen molar-refractivity contribution in [1.29, 1.82) is 0 Å². The molecule has 0 radical (unpaired) electrons. The van der Waals surface area contributed by atoms with Gasteiger partial charge in [0.05, 0.1) is 0 Å². The Morgan fingerprint density at radius 1 is 1.58 bits per heavy atom. The Kier molecular flexibility index (Phi) is 2.93. The lowest BCUT2D eigenvalue weighted by Crippen LogP contribution is -1.85. The predicted molar refractivity (Wildman–Crippen MR) is 54.3 cm³/mol. The summed E-state index contributed by atoms with van der Waals surface area (Å²) in [6.07, 6.45) is 0.735. The van der Waals surface area contributed by atoms with E-state index in [1.54, 1.807) is 6.07 Å². The fourth-order valence-electron chi connectivity index (χ4n) is 1.01. The first kappa shape index (κ1) is 9.33. The van der Waals surface area contributed by atoms with Crippen LogP contribution in [0.15, 0.2) is 34.8 Å². The van der Waals surface area contributed by atoms with Crippen LogP contribution in [0.4, 0.5) is 0 Å². The summed E-state index contributed by atoms with van der Waals surface area (Å²) >= 11 is 3.28. The number of benzene rings is 1. The lowest BCUT2D eigenvalue weighted by molar-refractivity contribution is 0.469. The summed E-state index contributed by atoms with van der Waals surface area (Å²) in [5.41, 5.74) is 1.97. The smallest absolute Gasteiger partial charge is 0.120 e. The van der Waals surface area contributed by atoms with Gasteiger partial charge in [-0.15, -0.1) is 0 Å². The molecule has 0 bridgehead atoms. The summed E-state index contributed by atoms with van der Waals surface area (Å²) in [7, 11) is 0. The number of hydrogen-bond acceptors (Lipinski definition) is 1. The molecule has 0 fully saturated rings. The predicted octanol–water partition coefficient (Wildman–Crippen LogP) is 3.27. The average molecular weight is 227 g/mol. The van der Waals surface area contributed by atoms with Gasteiger partial charge in [0.25, 0.3) is 0 Å². The molecule has 0 heterocycles. The summed E-state index contributed by atoms with van der Waals surface area (Å²) in [5.74, 6) is 0.326. The molecule has 0 saturated carbocycles. The fraction of sp³-hybridized carbons (Fsp3) is 0.200. The largest absolute Gasteiger partial charge is 0.508 e. The highest BCUT2D eigenvalue weighted by molar-refractivity contribution is 9.10. The molecule has 64 valence electrons. The molecule has 12 heavy (non-hydrogen) atoms. The van der Waals surface area contributed by atoms with Gasteiger partial charge in [-0.1, -0.05) is 34.1 Å². The van der Waals surface area contributed by atoms with E-state index in [4.69, 9.17) is 0 Å². The molecule has 1 rings (SSSR count).